The minimum atomic E-state index is 0.629. The van der Waals surface area contributed by atoms with Crippen molar-refractivity contribution in [3.05, 3.63) is 12.1 Å². The minimum Gasteiger partial charge on any atom is -0.481 e. The van der Waals surface area contributed by atoms with E-state index in [4.69, 9.17) is 10.5 Å². The molecule has 2 N–H and O–H groups in total. The van der Waals surface area contributed by atoms with Crippen LogP contribution < -0.4 is 15.4 Å². The van der Waals surface area contributed by atoms with Crippen molar-refractivity contribution in [1.82, 2.24) is 4.98 Å². The van der Waals surface area contributed by atoms with Crippen molar-refractivity contribution in [2.24, 2.45) is 5.92 Å². The zero-order valence-electron chi connectivity index (χ0n) is 11.6. The first kappa shape index (κ1) is 12.6. The molecule has 1 aliphatic heterocycles. The van der Waals surface area contributed by atoms with Gasteiger partial charge in [0, 0.05) is 18.7 Å². The van der Waals surface area contributed by atoms with Crippen molar-refractivity contribution in [2.75, 3.05) is 24.3 Å². The molecule has 3 rings (SSSR count). The average molecular weight is 261 g/mol. The molecule has 2 atom stereocenters. The molecule has 0 bridgehead atoms. The van der Waals surface area contributed by atoms with Crippen LogP contribution in [0.5, 0.6) is 5.88 Å². The van der Waals surface area contributed by atoms with Crippen LogP contribution >= 0.6 is 0 Å². The summed E-state index contributed by atoms with van der Waals surface area (Å²) in [5.74, 6) is 2.41. The standard InChI is InChI=1S/C15H23N3O/c1-19-14-9-8-12(16)15(17-14)18-10-4-6-11-5-2-3-7-13(11)18/h8-9,11,13H,2-7,10,16H2,1H3/t11-,13-/m1/s1. The molecule has 0 unspecified atom stereocenters. The SMILES string of the molecule is COc1ccc(N)c(N2CCC[C@H]3CCCC[C@H]32)n1. The third-order valence-corrected chi connectivity index (χ3v) is 4.60. The molecule has 1 saturated heterocycles. The molecule has 1 aliphatic carbocycles. The quantitative estimate of drug-likeness (QED) is 0.889. The maximum Gasteiger partial charge on any atom is 0.215 e. The number of aromatic nitrogens is 1. The fourth-order valence-electron chi connectivity index (χ4n) is 3.67. The maximum absolute atomic E-state index is 6.14. The highest BCUT2D eigenvalue weighted by Gasteiger charge is 2.34. The van der Waals surface area contributed by atoms with Gasteiger partial charge >= 0.3 is 0 Å². The third kappa shape index (κ3) is 2.36. The van der Waals surface area contributed by atoms with Crippen LogP contribution in [0.4, 0.5) is 11.5 Å². The van der Waals surface area contributed by atoms with Gasteiger partial charge in [0.1, 0.15) is 0 Å². The molecule has 0 amide bonds. The van der Waals surface area contributed by atoms with E-state index in [1.165, 1.54) is 38.5 Å². The Labute approximate surface area is 115 Å². The van der Waals surface area contributed by atoms with Crippen molar-refractivity contribution in [2.45, 2.75) is 44.6 Å². The van der Waals surface area contributed by atoms with E-state index in [1.54, 1.807) is 7.11 Å². The van der Waals surface area contributed by atoms with Gasteiger partial charge in [-0.25, -0.2) is 0 Å². The van der Waals surface area contributed by atoms with Crippen LogP contribution in [0.2, 0.25) is 0 Å². The molecule has 2 fully saturated rings. The summed E-state index contributed by atoms with van der Waals surface area (Å²) in [4.78, 5) is 7.02. The van der Waals surface area contributed by atoms with E-state index in [9.17, 15) is 0 Å². The lowest BCUT2D eigenvalue weighted by molar-refractivity contribution is 0.242. The highest BCUT2D eigenvalue weighted by molar-refractivity contribution is 5.64. The number of hydrogen-bond acceptors (Lipinski definition) is 4. The number of nitrogens with zero attached hydrogens (tertiary/aromatic N) is 2. The highest BCUT2D eigenvalue weighted by atomic mass is 16.5. The van der Waals surface area contributed by atoms with E-state index < -0.39 is 0 Å². The van der Waals surface area contributed by atoms with Gasteiger partial charge in [0.25, 0.3) is 0 Å². The Morgan fingerprint density at radius 3 is 2.84 bits per heavy atom. The number of nitrogen functional groups attached to an aromatic ring is 1. The second-order valence-corrected chi connectivity index (χ2v) is 5.71. The van der Waals surface area contributed by atoms with Gasteiger partial charge in [0.15, 0.2) is 5.82 Å². The normalized spacial score (nSPS) is 26.9. The first-order valence-electron chi connectivity index (χ1n) is 7.37. The first-order chi connectivity index (χ1) is 9.29. The molecule has 2 heterocycles. The molecular formula is C15H23N3O. The average Bonchev–Trinajstić information content (AvgIpc) is 2.47. The topological polar surface area (TPSA) is 51.4 Å². The molecular weight excluding hydrogens is 238 g/mol. The molecule has 4 heteroatoms. The summed E-state index contributed by atoms with van der Waals surface area (Å²) in [7, 11) is 1.65. The van der Waals surface area contributed by atoms with Gasteiger partial charge in [-0.05, 0) is 37.7 Å². The Hall–Kier alpha value is -1.45. The lowest BCUT2D eigenvalue weighted by atomic mass is 9.78. The minimum absolute atomic E-state index is 0.629. The summed E-state index contributed by atoms with van der Waals surface area (Å²) >= 11 is 0. The Morgan fingerprint density at radius 2 is 2.00 bits per heavy atom. The van der Waals surface area contributed by atoms with Gasteiger partial charge in [0.2, 0.25) is 5.88 Å². The number of ether oxygens (including phenoxy) is 1. The van der Waals surface area contributed by atoms with Crippen LogP contribution in [0.15, 0.2) is 12.1 Å². The maximum atomic E-state index is 6.14. The number of rotatable bonds is 2. The third-order valence-electron chi connectivity index (χ3n) is 4.60. The lowest BCUT2D eigenvalue weighted by Gasteiger charge is -2.45. The Kier molecular flexibility index (Phi) is 3.49. The van der Waals surface area contributed by atoms with Crippen LogP contribution in [0, 0.1) is 5.92 Å². The fourth-order valence-corrected chi connectivity index (χ4v) is 3.67. The van der Waals surface area contributed by atoms with Crippen molar-refractivity contribution in [3.8, 4) is 5.88 Å². The number of hydrogen-bond donors (Lipinski definition) is 1. The Morgan fingerprint density at radius 1 is 1.21 bits per heavy atom. The molecule has 0 radical (unpaired) electrons. The Bertz CT molecular complexity index is 447. The van der Waals surface area contributed by atoms with Crippen molar-refractivity contribution in [1.29, 1.82) is 0 Å². The van der Waals surface area contributed by atoms with E-state index in [2.05, 4.69) is 9.88 Å². The monoisotopic (exact) mass is 261 g/mol. The molecule has 4 nitrogen and oxygen atoms in total. The molecule has 0 spiro atoms. The number of anilines is 2. The van der Waals surface area contributed by atoms with Crippen LogP contribution in [0.25, 0.3) is 0 Å². The summed E-state index contributed by atoms with van der Waals surface area (Å²) in [6, 6.07) is 4.37. The number of pyridine rings is 1. The van der Waals surface area contributed by atoms with Crippen molar-refractivity contribution in [3.63, 3.8) is 0 Å². The predicted octanol–water partition coefficient (Wildman–Crippen LogP) is 2.83. The van der Waals surface area contributed by atoms with Crippen LogP contribution in [0.1, 0.15) is 38.5 Å². The molecule has 104 valence electrons. The van der Waals surface area contributed by atoms with Crippen LogP contribution in [0.3, 0.4) is 0 Å². The van der Waals surface area contributed by atoms with E-state index >= 15 is 0 Å². The van der Waals surface area contributed by atoms with Crippen molar-refractivity contribution < 1.29 is 4.74 Å². The predicted molar refractivity (Wildman–Crippen MR) is 77.5 cm³/mol. The van der Waals surface area contributed by atoms with Crippen molar-refractivity contribution >= 4 is 11.5 Å². The van der Waals surface area contributed by atoms with Gasteiger partial charge in [-0.3, -0.25) is 0 Å². The van der Waals surface area contributed by atoms with Gasteiger partial charge in [-0.1, -0.05) is 12.8 Å². The van der Waals surface area contributed by atoms with E-state index in [1.807, 2.05) is 12.1 Å². The number of nitrogens with two attached hydrogens (primary N) is 1. The Balaban J connectivity index is 1.91. The highest BCUT2D eigenvalue weighted by Crippen LogP contribution is 2.39. The number of methoxy groups -OCH3 is 1. The summed E-state index contributed by atoms with van der Waals surface area (Å²) in [6.07, 6.45) is 7.98. The van der Waals surface area contributed by atoms with Crippen LogP contribution in [-0.2, 0) is 0 Å². The zero-order chi connectivity index (χ0) is 13.2. The smallest absolute Gasteiger partial charge is 0.215 e. The molecule has 2 aliphatic rings. The second-order valence-electron chi connectivity index (χ2n) is 5.71. The summed E-state index contributed by atoms with van der Waals surface area (Å²) in [6.45, 7) is 1.07. The lowest BCUT2D eigenvalue weighted by Crippen LogP contribution is -2.47. The van der Waals surface area contributed by atoms with E-state index in [0.29, 0.717) is 11.9 Å². The summed E-state index contributed by atoms with van der Waals surface area (Å²) in [5, 5.41) is 0. The fraction of sp³-hybridized carbons (Fsp3) is 0.667. The summed E-state index contributed by atoms with van der Waals surface area (Å²) in [5.41, 5.74) is 6.91. The van der Waals surface area contributed by atoms with Gasteiger partial charge in [-0.15, -0.1) is 0 Å². The van der Waals surface area contributed by atoms with E-state index in [0.717, 1.165) is 24.0 Å². The largest absolute Gasteiger partial charge is 0.481 e. The van der Waals surface area contributed by atoms with Crippen LogP contribution in [-0.4, -0.2) is 24.7 Å². The molecule has 1 aromatic rings. The van der Waals surface area contributed by atoms with Gasteiger partial charge in [0.05, 0.1) is 12.8 Å². The summed E-state index contributed by atoms with van der Waals surface area (Å²) < 4.78 is 5.24. The first-order valence-corrected chi connectivity index (χ1v) is 7.37. The molecule has 19 heavy (non-hydrogen) atoms. The number of piperidine rings is 1. The molecule has 1 saturated carbocycles. The van der Waals surface area contributed by atoms with Gasteiger partial charge < -0.3 is 15.4 Å². The number of fused-ring (bicyclic) bond motifs is 1. The second kappa shape index (κ2) is 5.27. The van der Waals surface area contributed by atoms with E-state index in [-0.39, 0.29) is 0 Å². The van der Waals surface area contributed by atoms with Gasteiger partial charge in [-0.2, -0.15) is 4.98 Å². The molecule has 1 aromatic heterocycles. The zero-order valence-corrected chi connectivity index (χ0v) is 11.6. The molecule has 0 aromatic carbocycles.